The van der Waals surface area contributed by atoms with Gasteiger partial charge in [-0.2, -0.15) is 5.48 Å². The van der Waals surface area contributed by atoms with Crippen molar-refractivity contribution in [3.05, 3.63) is 0 Å². The molecule has 1 amide bonds. The van der Waals surface area contributed by atoms with Crippen molar-refractivity contribution in [1.82, 2.24) is 5.48 Å². The molecule has 1 rings (SSSR count). The van der Waals surface area contributed by atoms with Gasteiger partial charge in [0, 0.05) is 6.54 Å². The predicted octanol–water partition coefficient (Wildman–Crippen LogP) is -0.702. The number of nitrogens with two attached hydrogens (primary N) is 1. The van der Waals surface area contributed by atoms with Crippen LogP contribution in [-0.4, -0.2) is 29.8 Å². The van der Waals surface area contributed by atoms with Crippen LogP contribution in [-0.2, 0) is 9.63 Å². The summed E-state index contributed by atoms with van der Waals surface area (Å²) in [6.07, 6.45) is 3.68. The highest BCUT2D eigenvalue weighted by molar-refractivity contribution is 5.74. The fraction of sp³-hybridized carbons (Fsp3) is 0.875. The van der Waals surface area contributed by atoms with Crippen LogP contribution in [0.2, 0.25) is 0 Å². The topological polar surface area (TPSA) is 84.6 Å². The van der Waals surface area contributed by atoms with Gasteiger partial charge in [0.25, 0.3) is 0 Å². The molecule has 0 spiro atoms. The van der Waals surface area contributed by atoms with E-state index in [4.69, 9.17) is 10.6 Å². The lowest BCUT2D eigenvalue weighted by atomic mass is 10.0. The number of nitrogens with one attached hydrogen (secondary N) is 1. The second-order valence-electron chi connectivity index (χ2n) is 3.51. The normalized spacial score (nSPS) is 20.4. The van der Waals surface area contributed by atoms with Crippen molar-refractivity contribution in [1.29, 1.82) is 0 Å². The average Bonchev–Trinajstić information content (AvgIpc) is 2.47. The number of hydrogen-bond acceptors (Lipinski definition) is 4. The molecule has 0 heterocycles. The molecule has 0 bridgehead atoms. The van der Waals surface area contributed by atoms with Crippen LogP contribution in [0.15, 0.2) is 0 Å². The molecule has 1 aliphatic rings. The Balaban J connectivity index is 2.07. The van der Waals surface area contributed by atoms with Gasteiger partial charge in [-0.05, 0) is 12.8 Å². The molecule has 0 aromatic carbocycles. The maximum atomic E-state index is 10.3. The van der Waals surface area contributed by atoms with E-state index < -0.39 is 11.5 Å². The zero-order valence-electron chi connectivity index (χ0n) is 7.58. The largest absolute Gasteiger partial charge is 0.388 e. The molecule has 0 radical (unpaired) electrons. The number of carbonyl (C=O) groups is 1. The second kappa shape index (κ2) is 4.55. The van der Waals surface area contributed by atoms with E-state index >= 15 is 0 Å². The second-order valence-corrected chi connectivity index (χ2v) is 3.51. The zero-order valence-corrected chi connectivity index (χ0v) is 7.58. The number of primary amides is 1. The molecule has 13 heavy (non-hydrogen) atoms. The summed E-state index contributed by atoms with van der Waals surface area (Å²) in [6, 6.07) is 0. The number of amides is 1. The first-order valence-electron chi connectivity index (χ1n) is 4.48. The van der Waals surface area contributed by atoms with Crippen LogP contribution in [0.25, 0.3) is 0 Å². The maximum Gasteiger partial charge on any atom is 0.245 e. The van der Waals surface area contributed by atoms with E-state index in [-0.39, 0.29) is 6.61 Å². The summed E-state index contributed by atoms with van der Waals surface area (Å²) in [5.41, 5.74) is 6.75. The van der Waals surface area contributed by atoms with E-state index in [1.54, 1.807) is 0 Å². The highest BCUT2D eigenvalue weighted by Crippen LogP contribution is 2.28. The van der Waals surface area contributed by atoms with Gasteiger partial charge in [0.15, 0.2) is 0 Å². The van der Waals surface area contributed by atoms with Crippen LogP contribution in [0.5, 0.6) is 0 Å². The molecular formula is C8H16N2O3. The van der Waals surface area contributed by atoms with E-state index in [1.165, 1.54) is 0 Å². The Kier molecular flexibility index (Phi) is 3.65. The van der Waals surface area contributed by atoms with Crippen molar-refractivity contribution in [2.24, 2.45) is 5.73 Å². The lowest BCUT2D eigenvalue weighted by Crippen LogP contribution is -2.39. The Labute approximate surface area is 77.2 Å². The van der Waals surface area contributed by atoms with Gasteiger partial charge >= 0.3 is 0 Å². The third-order valence-corrected chi connectivity index (χ3v) is 2.25. The zero-order chi connectivity index (χ0) is 9.73. The van der Waals surface area contributed by atoms with Crippen molar-refractivity contribution in [2.45, 2.75) is 31.3 Å². The number of carbonyl (C=O) groups excluding carboxylic acids is 1. The third kappa shape index (κ3) is 3.71. The van der Waals surface area contributed by atoms with Crippen molar-refractivity contribution in [2.75, 3.05) is 13.2 Å². The van der Waals surface area contributed by atoms with E-state index in [2.05, 4.69) is 5.48 Å². The molecule has 0 atom stereocenters. The van der Waals surface area contributed by atoms with Gasteiger partial charge in [-0.25, -0.2) is 0 Å². The smallest absolute Gasteiger partial charge is 0.245 e. The lowest BCUT2D eigenvalue weighted by molar-refractivity contribution is -0.126. The summed E-state index contributed by atoms with van der Waals surface area (Å²) < 4.78 is 0. The first-order valence-corrected chi connectivity index (χ1v) is 4.48. The molecule has 5 heteroatoms. The van der Waals surface area contributed by atoms with E-state index in [0.717, 1.165) is 25.7 Å². The standard InChI is InChI=1S/C8H16N2O3/c9-7(11)5-13-10-6-8(12)3-1-2-4-8/h10,12H,1-6H2,(H2,9,11). The van der Waals surface area contributed by atoms with Gasteiger partial charge < -0.3 is 10.8 Å². The van der Waals surface area contributed by atoms with Crippen LogP contribution in [0.1, 0.15) is 25.7 Å². The number of hydroxylamine groups is 1. The molecule has 4 N–H and O–H groups in total. The Morgan fingerprint density at radius 1 is 1.54 bits per heavy atom. The van der Waals surface area contributed by atoms with E-state index in [9.17, 15) is 9.90 Å². The molecule has 0 aliphatic heterocycles. The first-order chi connectivity index (χ1) is 6.12. The van der Waals surface area contributed by atoms with Crippen molar-refractivity contribution in [3.63, 3.8) is 0 Å². The third-order valence-electron chi connectivity index (χ3n) is 2.25. The Morgan fingerprint density at radius 3 is 2.69 bits per heavy atom. The summed E-state index contributed by atoms with van der Waals surface area (Å²) in [5, 5.41) is 9.80. The van der Waals surface area contributed by atoms with Crippen molar-refractivity contribution < 1.29 is 14.7 Å². The molecule has 0 aromatic rings. The van der Waals surface area contributed by atoms with Crippen LogP contribution in [0.4, 0.5) is 0 Å². The molecule has 0 aromatic heterocycles. The summed E-state index contributed by atoms with van der Waals surface area (Å²) in [4.78, 5) is 15.0. The summed E-state index contributed by atoms with van der Waals surface area (Å²) in [5.74, 6) is -0.522. The fourth-order valence-electron chi connectivity index (χ4n) is 1.52. The maximum absolute atomic E-state index is 10.3. The highest BCUT2D eigenvalue weighted by atomic mass is 16.6. The molecule has 76 valence electrons. The van der Waals surface area contributed by atoms with Gasteiger partial charge in [0.2, 0.25) is 5.91 Å². The molecule has 1 fully saturated rings. The van der Waals surface area contributed by atoms with Crippen LogP contribution >= 0.6 is 0 Å². The average molecular weight is 188 g/mol. The van der Waals surface area contributed by atoms with E-state index in [0.29, 0.717) is 6.54 Å². The van der Waals surface area contributed by atoms with Gasteiger partial charge in [-0.3, -0.25) is 9.63 Å². The molecule has 0 saturated heterocycles. The lowest BCUT2D eigenvalue weighted by Gasteiger charge is -2.21. The quantitative estimate of drug-likeness (QED) is 0.393. The minimum atomic E-state index is -0.655. The Hall–Kier alpha value is -0.650. The minimum Gasteiger partial charge on any atom is -0.388 e. The minimum absolute atomic E-state index is 0.157. The SMILES string of the molecule is NC(=O)CONCC1(O)CCCC1. The first kappa shape index (κ1) is 10.4. The Bertz CT molecular complexity index is 178. The molecular weight excluding hydrogens is 172 g/mol. The van der Waals surface area contributed by atoms with Gasteiger partial charge in [0.05, 0.1) is 5.60 Å². The summed E-state index contributed by atoms with van der Waals surface area (Å²) in [6.45, 7) is 0.205. The monoisotopic (exact) mass is 188 g/mol. The van der Waals surface area contributed by atoms with Gasteiger partial charge in [-0.15, -0.1) is 0 Å². The molecule has 1 aliphatic carbocycles. The highest BCUT2D eigenvalue weighted by Gasteiger charge is 2.30. The Morgan fingerprint density at radius 2 is 2.15 bits per heavy atom. The van der Waals surface area contributed by atoms with Crippen molar-refractivity contribution >= 4 is 5.91 Å². The van der Waals surface area contributed by atoms with E-state index in [1.807, 2.05) is 0 Å². The summed E-state index contributed by atoms with van der Waals surface area (Å²) in [7, 11) is 0. The van der Waals surface area contributed by atoms with Gasteiger partial charge in [0.1, 0.15) is 6.61 Å². The predicted molar refractivity (Wildman–Crippen MR) is 46.6 cm³/mol. The van der Waals surface area contributed by atoms with Crippen LogP contribution < -0.4 is 11.2 Å². The van der Waals surface area contributed by atoms with Crippen molar-refractivity contribution in [3.8, 4) is 0 Å². The number of rotatable bonds is 5. The molecule has 1 saturated carbocycles. The van der Waals surface area contributed by atoms with Gasteiger partial charge in [-0.1, -0.05) is 12.8 Å². The number of aliphatic hydroxyl groups is 1. The fourth-order valence-corrected chi connectivity index (χ4v) is 1.52. The van der Waals surface area contributed by atoms with Crippen LogP contribution in [0.3, 0.4) is 0 Å². The molecule has 5 nitrogen and oxygen atoms in total. The summed E-state index contributed by atoms with van der Waals surface area (Å²) >= 11 is 0. The molecule has 0 unspecified atom stereocenters. The number of hydrogen-bond donors (Lipinski definition) is 3. The van der Waals surface area contributed by atoms with Crippen LogP contribution in [0, 0.1) is 0 Å².